The first-order valence-electron chi connectivity index (χ1n) is 8.22. The van der Waals surface area contributed by atoms with Crippen LogP contribution < -0.4 is 10.9 Å². The number of hydrogen-bond donors (Lipinski definition) is 2. The first-order valence-corrected chi connectivity index (χ1v) is 9.39. The number of hydrazine groups is 1. The van der Waals surface area contributed by atoms with E-state index >= 15 is 0 Å². The molecule has 0 aliphatic rings. The molecular weight excluding hydrogens is 444 g/mol. The third kappa shape index (κ3) is 4.47. The summed E-state index contributed by atoms with van der Waals surface area (Å²) < 4.78 is 0.845. The van der Waals surface area contributed by atoms with Crippen LogP contribution in [-0.2, 0) is 0 Å². The highest BCUT2D eigenvalue weighted by atomic mass is 79.9. The Balaban J connectivity index is 1.77. The molecule has 3 aromatic carbocycles. The lowest BCUT2D eigenvalue weighted by Gasteiger charge is -2.11. The summed E-state index contributed by atoms with van der Waals surface area (Å²) in [5, 5.41) is 0.264. The van der Waals surface area contributed by atoms with E-state index in [4.69, 9.17) is 11.6 Å². The van der Waals surface area contributed by atoms with Gasteiger partial charge in [-0.2, -0.15) is 0 Å². The molecule has 0 saturated carbocycles. The lowest BCUT2D eigenvalue weighted by Crippen LogP contribution is -2.42. The molecule has 0 bridgehead atoms. The molecule has 0 fully saturated rings. The van der Waals surface area contributed by atoms with Gasteiger partial charge in [0.2, 0.25) is 0 Å². The van der Waals surface area contributed by atoms with Gasteiger partial charge in [-0.15, -0.1) is 0 Å². The van der Waals surface area contributed by atoms with Crippen LogP contribution in [0.3, 0.4) is 0 Å². The minimum absolute atomic E-state index is 0.148. The molecule has 0 spiro atoms. The molecule has 0 aromatic heterocycles. The summed E-state index contributed by atoms with van der Waals surface area (Å²) >= 11 is 9.30. The first-order chi connectivity index (χ1) is 13.5. The van der Waals surface area contributed by atoms with Crippen LogP contribution in [0.4, 0.5) is 0 Å². The van der Waals surface area contributed by atoms with Crippen LogP contribution in [0.2, 0.25) is 5.02 Å². The van der Waals surface area contributed by atoms with Crippen molar-refractivity contribution in [1.29, 1.82) is 0 Å². The highest BCUT2D eigenvalue weighted by Crippen LogP contribution is 2.18. The van der Waals surface area contributed by atoms with Gasteiger partial charge in [-0.3, -0.25) is 25.2 Å². The molecule has 0 atom stereocenters. The summed E-state index contributed by atoms with van der Waals surface area (Å²) in [4.78, 5) is 37.5. The lowest BCUT2D eigenvalue weighted by molar-refractivity contribution is 0.0845. The molecule has 0 aliphatic carbocycles. The molecule has 0 heterocycles. The van der Waals surface area contributed by atoms with E-state index in [1.165, 1.54) is 12.1 Å². The Morgan fingerprint density at radius 2 is 1.18 bits per heavy atom. The minimum atomic E-state index is -0.610. The van der Waals surface area contributed by atoms with Crippen LogP contribution in [-0.4, -0.2) is 17.6 Å². The Labute approximate surface area is 174 Å². The van der Waals surface area contributed by atoms with Gasteiger partial charge in [0, 0.05) is 15.6 Å². The normalized spacial score (nSPS) is 10.2. The van der Waals surface area contributed by atoms with Gasteiger partial charge in [-0.1, -0.05) is 57.9 Å². The van der Waals surface area contributed by atoms with E-state index in [0.29, 0.717) is 5.56 Å². The van der Waals surface area contributed by atoms with Crippen molar-refractivity contribution in [3.05, 3.63) is 105 Å². The van der Waals surface area contributed by atoms with Crippen LogP contribution in [0, 0.1) is 0 Å². The van der Waals surface area contributed by atoms with Crippen molar-refractivity contribution in [1.82, 2.24) is 10.9 Å². The molecule has 0 unspecified atom stereocenters. The van der Waals surface area contributed by atoms with Crippen molar-refractivity contribution < 1.29 is 14.4 Å². The fourth-order valence-corrected chi connectivity index (χ4v) is 3.02. The smallest absolute Gasteiger partial charge is 0.271 e. The largest absolute Gasteiger partial charge is 0.289 e. The van der Waals surface area contributed by atoms with Gasteiger partial charge < -0.3 is 0 Å². The Hall–Kier alpha value is -2.96. The molecule has 0 aliphatic heterocycles. The van der Waals surface area contributed by atoms with E-state index < -0.39 is 11.8 Å². The zero-order valence-electron chi connectivity index (χ0n) is 14.4. The van der Waals surface area contributed by atoms with E-state index in [1.54, 1.807) is 60.7 Å². The number of hydrogen-bond acceptors (Lipinski definition) is 3. The molecule has 2 N–H and O–H groups in total. The Kier molecular flexibility index (Phi) is 6.23. The third-order valence-corrected chi connectivity index (χ3v) is 4.79. The second kappa shape index (κ2) is 8.82. The maximum absolute atomic E-state index is 12.8. The number of carbonyl (C=O) groups is 3. The maximum Gasteiger partial charge on any atom is 0.271 e. The monoisotopic (exact) mass is 456 g/mol. The van der Waals surface area contributed by atoms with E-state index in [2.05, 4.69) is 26.8 Å². The molecule has 0 radical (unpaired) electrons. The van der Waals surface area contributed by atoms with Crippen molar-refractivity contribution in [2.45, 2.75) is 0 Å². The van der Waals surface area contributed by atoms with E-state index in [1.807, 2.05) is 0 Å². The molecule has 28 heavy (non-hydrogen) atoms. The van der Waals surface area contributed by atoms with Crippen LogP contribution in [0.5, 0.6) is 0 Å². The minimum Gasteiger partial charge on any atom is -0.289 e. The first kappa shape index (κ1) is 19.8. The summed E-state index contributed by atoms with van der Waals surface area (Å²) in [5.41, 5.74) is 5.69. The average Bonchev–Trinajstić information content (AvgIpc) is 2.72. The van der Waals surface area contributed by atoms with Crippen molar-refractivity contribution in [2.24, 2.45) is 0 Å². The van der Waals surface area contributed by atoms with Crippen LogP contribution in [0.15, 0.2) is 77.3 Å². The zero-order valence-corrected chi connectivity index (χ0v) is 16.8. The SMILES string of the molecule is O=C(NNC(=O)c1ccccc1C(=O)c1ccc(Br)cc1)c1ccccc1Cl. The van der Waals surface area contributed by atoms with Gasteiger partial charge in [-0.25, -0.2) is 0 Å². The number of ketones is 1. The Bertz CT molecular complexity index is 1050. The number of nitrogens with one attached hydrogen (secondary N) is 2. The summed E-state index contributed by atoms with van der Waals surface area (Å²) in [7, 11) is 0. The summed E-state index contributed by atoms with van der Waals surface area (Å²) in [6, 6.07) is 19.7. The molecular formula is C21H14BrClN2O3. The summed E-state index contributed by atoms with van der Waals surface area (Å²) in [5.74, 6) is -1.46. The molecule has 3 rings (SSSR count). The molecule has 5 nitrogen and oxygen atoms in total. The average molecular weight is 458 g/mol. The van der Waals surface area contributed by atoms with Crippen LogP contribution in [0.25, 0.3) is 0 Å². The molecule has 0 saturated heterocycles. The quantitative estimate of drug-likeness (QED) is 0.450. The van der Waals surface area contributed by atoms with Gasteiger partial charge in [0.15, 0.2) is 5.78 Å². The van der Waals surface area contributed by atoms with E-state index in [9.17, 15) is 14.4 Å². The fraction of sp³-hybridized carbons (Fsp3) is 0. The number of halogens is 2. The van der Waals surface area contributed by atoms with Gasteiger partial charge in [0.05, 0.1) is 16.1 Å². The lowest BCUT2D eigenvalue weighted by atomic mass is 9.98. The highest BCUT2D eigenvalue weighted by molar-refractivity contribution is 9.10. The number of rotatable bonds is 4. The van der Waals surface area contributed by atoms with Crippen molar-refractivity contribution in [3.8, 4) is 0 Å². The molecule has 3 aromatic rings. The summed E-state index contributed by atoms with van der Waals surface area (Å²) in [6.45, 7) is 0. The summed E-state index contributed by atoms with van der Waals surface area (Å²) in [6.07, 6.45) is 0. The predicted molar refractivity (Wildman–Crippen MR) is 110 cm³/mol. The Morgan fingerprint density at radius 3 is 1.79 bits per heavy atom. The van der Waals surface area contributed by atoms with Gasteiger partial charge >= 0.3 is 0 Å². The van der Waals surface area contributed by atoms with Gasteiger partial charge in [0.1, 0.15) is 0 Å². The second-order valence-corrected chi connectivity index (χ2v) is 7.09. The van der Waals surface area contributed by atoms with Crippen LogP contribution in [0.1, 0.15) is 36.6 Å². The van der Waals surface area contributed by atoms with Crippen molar-refractivity contribution in [2.75, 3.05) is 0 Å². The van der Waals surface area contributed by atoms with E-state index in [0.717, 1.165) is 4.47 Å². The zero-order chi connectivity index (χ0) is 20.1. The molecule has 140 valence electrons. The topological polar surface area (TPSA) is 75.3 Å². The Morgan fingerprint density at radius 1 is 0.679 bits per heavy atom. The molecule has 7 heteroatoms. The van der Waals surface area contributed by atoms with Gasteiger partial charge in [-0.05, 0) is 42.5 Å². The standard InChI is InChI=1S/C21H14BrClN2O3/c22-14-11-9-13(10-12-14)19(26)15-5-1-2-6-16(15)20(27)24-25-21(28)17-7-3-4-8-18(17)23/h1-12H,(H,24,27)(H,25,28). The van der Waals surface area contributed by atoms with E-state index in [-0.39, 0.29) is 27.5 Å². The predicted octanol–water partition coefficient (Wildman–Crippen LogP) is 4.41. The maximum atomic E-state index is 12.8. The van der Waals surface area contributed by atoms with Crippen LogP contribution >= 0.6 is 27.5 Å². The second-order valence-electron chi connectivity index (χ2n) is 5.77. The number of carbonyl (C=O) groups excluding carboxylic acids is 3. The number of amides is 2. The highest BCUT2D eigenvalue weighted by Gasteiger charge is 2.19. The third-order valence-electron chi connectivity index (χ3n) is 3.93. The van der Waals surface area contributed by atoms with Gasteiger partial charge in [0.25, 0.3) is 11.8 Å². The fourth-order valence-electron chi connectivity index (χ4n) is 2.53. The number of benzene rings is 3. The molecule has 2 amide bonds. The van der Waals surface area contributed by atoms with Crippen molar-refractivity contribution >= 4 is 45.1 Å². The van der Waals surface area contributed by atoms with Crippen molar-refractivity contribution in [3.63, 3.8) is 0 Å².